The molecule has 0 bridgehead atoms. The van der Waals surface area contributed by atoms with Gasteiger partial charge in [-0.3, -0.25) is 0 Å². The maximum Gasteiger partial charge on any atom is 0.108 e. The van der Waals surface area contributed by atoms with Gasteiger partial charge in [0.25, 0.3) is 0 Å². The second-order valence-electron chi connectivity index (χ2n) is 2.92. The zero-order valence-corrected chi connectivity index (χ0v) is 7.20. The molecule has 10 heavy (non-hydrogen) atoms. The Morgan fingerprint density at radius 1 is 1.80 bits per heavy atom. The highest BCUT2D eigenvalue weighted by Gasteiger charge is 2.39. The summed E-state index contributed by atoms with van der Waals surface area (Å²) in [5.74, 6) is 3.69. The molecule has 1 aliphatic heterocycles. The predicted molar refractivity (Wildman–Crippen MR) is 45.1 cm³/mol. The highest BCUT2D eigenvalue weighted by Crippen LogP contribution is 2.40. The van der Waals surface area contributed by atoms with Gasteiger partial charge in [-0.25, -0.2) is 0 Å². The fourth-order valence-electron chi connectivity index (χ4n) is 0.770. The summed E-state index contributed by atoms with van der Waals surface area (Å²) in [5.41, 5.74) is -0.0168. The van der Waals surface area contributed by atoms with Gasteiger partial charge < -0.3 is 4.74 Å². The third-order valence-electron chi connectivity index (χ3n) is 1.64. The van der Waals surface area contributed by atoms with Gasteiger partial charge in [0, 0.05) is 11.0 Å². The smallest absolute Gasteiger partial charge is 0.108 e. The van der Waals surface area contributed by atoms with Crippen LogP contribution < -0.4 is 0 Å². The molecule has 56 valence electrons. The van der Waals surface area contributed by atoms with E-state index in [1.807, 2.05) is 11.8 Å². The molecule has 1 rings (SSSR count). The molecule has 0 radical (unpaired) electrons. The quantitative estimate of drug-likeness (QED) is 0.452. The molecule has 1 unspecified atom stereocenters. The van der Waals surface area contributed by atoms with E-state index in [0.717, 1.165) is 0 Å². The lowest BCUT2D eigenvalue weighted by molar-refractivity contribution is 0.00995. The van der Waals surface area contributed by atoms with Crippen LogP contribution in [0.2, 0.25) is 0 Å². The van der Waals surface area contributed by atoms with Gasteiger partial charge in [-0.15, -0.1) is 6.42 Å². The molecule has 1 nitrogen and oxygen atoms in total. The number of hydrogen-bond acceptors (Lipinski definition) is 2. The average Bonchev–Trinajstić information content (AvgIpc) is 2.64. The fourth-order valence-corrected chi connectivity index (χ4v) is 1.74. The van der Waals surface area contributed by atoms with Crippen molar-refractivity contribution in [2.75, 3.05) is 12.4 Å². The molecule has 0 aromatic heterocycles. The van der Waals surface area contributed by atoms with Crippen molar-refractivity contribution < 1.29 is 4.74 Å². The van der Waals surface area contributed by atoms with Crippen molar-refractivity contribution in [3.05, 3.63) is 0 Å². The molecule has 0 aliphatic carbocycles. The second kappa shape index (κ2) is 2.86. The van der Waals surface area contributed by atoms with Gasteiger partial charge in [0.2, 0.25) is 0 Å². The molecule has 0 spiro atoms. The molecule has 1 fully saturated rings. The Bertz CT molecular complexity index is 153. The number of hydrogen-bond donors (Lipinski definition) is 0. The zero-order chi connectivity index (χ0) is 7.61. The first-order valence-corrected chi connectivity index (χ1v) is 4.41. The summed E-state index contributed by atoms with van der Waals surface area (Å²) in [7, 11) is 0. The van der Waals surface area contributed by atoms with Gasteiger partial charge in [0.15, 0.2) is 0 Å². The lowest BCUT2D eigenvalue weighted by atomic mass is 10.1. The first-order chi connectivity index (χ1) is 4.67. The van der Waals surface area contributed by atoms with Crippen molar-refractivity contribution >= 4 is 11.8 Å². The van der Waals surface area contributed by atoms with E-state index >= 15 is 0 Å². The first kappa shape index (κ1) is 7.97. The topological polar surface area (TPSA) is 9.23 Å². The molecule has 2 heteroatoms. The summed E-state index contributed by atoms with van der Waals surface area (Å²) in [5, 5.41) is 0.667. The van der Waals surface area contributed by atoms with Crippen LogP contribution in [0.5, 0.6) is 0 Å². The molecule has 1 atom stereocenters. The number of ether oxygens (including phenoxy) is 1. The van der Waals surface area contributed by atoms with E-state index in [1.54, 1.807) is 0 Å². The summed E-state index contributed by atoms with van der Waals surface area (Å²) in [6, 6.07) is 0. The minimum atomic E-state index is -0.0168. The molecular weight excluding hydrogens is 144 g/mol. The van der Waals surface area contributed by atoms with E-state index in [0.29, 0.717) is 11.9 Å². The van der Waals surface area contributed by atoms with E-state index in [2.05, 4.69) is 19.8 Å². The average molecular weight is 156 g/mol. The monoisotopic (exact) mass is 156 g/mol. The van der Waals surface area contributed by atoms with E-state index < -0.39 is 0 Å². The fraction of sp³-hybridized carbons (Fsp3) is 0.750. The Morgan fingerprint density at radius 2 is 2.40 bits per heavy atom. The molecule has 0 aromatic rings. The first-order valence-electron chi connectivity index (χ1n) is 3.36. The summed E-state index contributed by atoms with van der Waals surface area (Å²) < 4.78 is 5.45. The summed E-state index contributed by atoms with van der Waals surface area (Å²) >= 11 is 1.93. The van der Waals surface area contributed by atoms with Crippen LogP contribution >= 0.6 is 11.8 Å². The Hall–Kier alpha value is -0.130. The van der Waals surface area contributed by atoms with Crippen molar-refractivity contribution in [3.8, 4) is 12.3 Å². The maximum absolute atomic E-state index is 5.45. The van der Waals surface area contributed by atoms with Crippen LogP contribution in [0.3, 0.4) is 0 Å². The third-order valence-corrected chi connectivity index (χ3v) is 2.87. The van der Waals surface area contributed by atoms with E-state index in [9.17, 15) is 0 Å². The maximum atomic E-state index is 5.45. The number of rotatable bonds is 3. The Kier molecular flexibility index (Phi) is 2.28. The minimum absolute atomic E-state index is 0.0168. The standard InChI is InChI=1S/C8H12OS/c1-4-5-9-8(2,3)7-6-10-7/h1,7H,5-6H2,2-3H3. The van der Waals surface area contributed by atoms with Crippen molar-refractivity contribution in [1.29, 1.82) is 0 Å². The van der Waals surface area contributed by atoms with Crippen LogP contribution in [0.15, 0.2) is 0 Å². The van der Waals surface area contributed by atoms with Crippen molar-refractivity contribution in [1.82, 2.24) is 0 Å². The number of thioether (sulfide) groups is 1. The highest BCUT2D eigenvalue weighted by molar-refractivity contribution is 8.07. The van der Waals surface area contributed by atoms with E-state index in [4.69, 9.17) is 11.2 Å². The Balaban J connectivity index is 2.29. The van der Waals surface area contributed by atoms with Crippen molar-refractivity contribution in [3.63, 3.8) is 0 Å². The summed E-state index contributed by atoms with van der Waals surface area (Å²) in [6.07, 6.45) is 5.07. The molecular formula is C8H12OS. The van der Waals surface area contributed by atoms with Crippen LogP contribution in [0, 0.1) is 12.3 Å². The van der Waals surface area contributed by atoms with Gasteiger partial charge in [0.05, 0.1) is 5.60 Å². The molecule has 1 saturated heterocycles. The SMILES string of the molecule is C#CCOC(C)(C)C1CS1. The Labute approximate surface area is 66.5 Å². The van der Waals surface area contributed by atoms with Crippen molar-refractivity contribution in [2.24, 2.45) is 0 Å². The minimum Gasteiger partial charge on any atom is -0.362 e. The van der Waals surface area contributed by atoms with Crippen LogP contribution in [-0.4, -0.2) is 23.2 Å². The third kappa shape index (κ3) is 1.93. The van der Waals surface area contributed by atoms with E-state index in [-0.39, 0.29) is 5.60 Å². The largest absolute Gasteiger partial charge is 0.362 e. The molecule has 0 saturated carbocycles. The summed E-state index contributed by atoms with van der Waals surface area (Å²) in [4.78, 5) is 0. The Morgan fingerprint density at radius 3 is 2.80 bits per heavy atom. The zero-order valence-electron chi connectivity index (χ0n) is 6.39. The molecule has 0 amide bonds. The van der Waals surface area contributed by atoms with Crippen LogP contribution in [0.4, 0.5) is 0 Å². The van der Waals surface area contributed by atoms with Gasteiger partial charge in [-0.05, 0) is 13.8 Å². The van der Waals surface area contributed by atoms with Crippen LogP contribution in [0.25, 0.3) is 0 Å². The lowest BCUT2D eigenvalue weighted by Gasteiger charge is -2.22. The van der Waals surface area contributed by atoms with Crippen LogP contribution in [-0.2, 0) is 4.74 Å². The van der Waals surface area contributed by atoms with Gasteiger partial charge >= 0.3 is 0 Å². The number of terminal acetylenes is 1. The van der Waals surface area contributed by atoms with Gasteiger partial charge in [-0.2, -0.15) is 11.8 Å². The van der Waals surface area contributed by atoms with Crippen LogP contribution in [0.1, 0.15) is 13.8 Å². The van der Waals surface area contributed by atoms with Gasteiger partial charge in [0.1, 0.15) is 6.61 Å². The second-order valence-corrected chi connectivity index (χ2v) is 4.15. The molecule has 1 heterocycles. The van der Waals surface area contributed by atoms with Crippen molar-refractivity contribution in [2.45, 2.75) is 24.7 Å². The normalized spacial score (nSPS) is 23.9. The predicted octanol–water partition coefficient (Wildman–Crippen LogP) is 1.53. The lowest BCUT2D eigenvalue weighted by Crippen LogP contribution is -2.30. The van der Waals surface area contributed by atoms with Gasteiger partial charge in [-0.1, -0.05) is 5.92 Å². The van der Waals surface area contributed by atoms with E-state index in [1.165, 1.54) is 5.75 Å². The summed E-state index contributed by atoms with van der Waals surface area (Å²) in [6.45, 7) is 4.62. The highest BCUT2D eigenvalue weighted by atomic mass is 32.2. The molecule has 1 aliphatic rings. The molecule has 0 N–H and O–H groups in total. The molecule has 0 aromatic carbocycles.